The third-order valence-electron chi connectivity index (χ3n) is 4.04. The molecule has 0 N–H and O–H groups in total. The fraction of sp³-hybridized carbons (Fsp3) is 0.316. The summed E-state index contributed by atoms with van der Waals surface area (Å²) in [4.78, 5) is 15.3. The van der Waals surface area contributed by atoms with Crippen molar-refractivity contribution in [2.45, 2.75) is 31.6 Å². The summed E-state index contributed by atoms with van der Waals surface area (Å²) >= 11 is 3.12. The second-order valence-corrected chi connectivity index (χ2v) is 7.90. The normalized spacial score (nSPS) is 10.8. The molecule has 0 saturated heterocycles. The number of hydrogen-bond acceptors (Lipinski definition) is 5. The van der Waals surface area contributed by atoms with Crippen molar-refractivity contribution in [3.8, 4) is 0 Å². The molecule has 0 unspecified atom stereocenters. The number of rotatable bonds is 8. The largest absolute Gasteiger partial charge is 0.340 e. The zero-order valence-corrected chi connectivity index (χ0v) is 16.6. The molecular formula is C19H22N4OS2. The number of amides is 1. The number of carbonyl (C=O) groups is 1. The van der Waals surface area contributed by atoms with Gasteiger partial charge in [-0.2, -0.15) is 0 Å². The van der Waals surface area contributed by atoms with Crippen LogP contribution in [-0.4, -0.2) is 38.4 Å². The predicted octanol–water partition coefficient (Wildman–Crippen LogP) is 3.70. The van der Waals surface area contributed by atoms with Crippen LogP contribution in [0.5, 0.6) is 0 Å². The smallest absolute Gasteiger partial charge is 0.233 e. The molecule has 0 fully saturated rings. The molecule has 136 valence electrons. The molecule has 2 aromatic heterocycles. The van der Waals surface area contributed by atoms with Crippen molar-refractivity contribution in [1.82, 2.24) is 19.7 Å². The van der Waals surface area contributed by atoms with E-state index in [0.717, 1.165) is 23.9 Å². The van der Waals surface area contributed by atoms with Crippen LogP contribution in [0.4, 0.5) is 0 Å². The average Bonchev–Trinajstić information content (AvgIpc) is 3.30. The van der Waals surface area contributed by atoms with Gasteiger partial charge in [0.1, 0.15) is 5.82 Å². The molecule has 7 heteroatoms. The standard InChI is InChI=1S/C19H22N4OS2/c1-3-23-17(12-15-8-5-4-6-9-15)20-21-19(23)26-14-18(24)22(2)13-16-10-7-11-25-16/h4-11H,3,12-14H2,1-2H3. The average molecular weight is 387 g/mol. The molecule has 0 spiro atoms. The Balaban J connectivity index is 1.60. The van der Waals surface area contributed by atoms with Gasteiger partial charge in [0, 0.05) is 24.9 Å². The van der Waals surface area contributed by atoms with Crippen molar-refractivity contribution in [3.05, 3.63) is 64.1 Å². The van der Waals surface area contributed by atoms with E-state index in [2.05, 4.69) is 33.8 Å². The second kappa shape index (κ2) is 9.00. The maximum absolute atomic E-state index is 12.4. The highest BCUT2D eigenvalue weighted by molar-refractivity contribution is 7.99. The van der Waals surface area contributed by atoms with Crippen LogP contribution in [0, 0.1) is 0 Å². The third-order valence-corrected chi connectivity index (χ3v) is 5.85. The molecule has 2 heterocycles. The van der Waals surface area contributed by atoms with Crippen LogP contribution < -0.4 is 0 Å². The summed E-state index contributed by atoms with van der Waals surface area (Å²) in [6, 6.07) is 14.3. The Labute approximate surface area is 162 Å². The highest BCUT2D eigenvalue weighted by Gasteiger charge is 2.15. The van der Waals surface area contributed by atoms with Gasteiger partial charge in [-0.05, 0) is 23.9 Å². The Kier molecular flexibility index (Phi) is 6.46. The van der Waals surface area contributed by atoms with Crippen LogP contribution in [0.2, 0.25) is 0 Å². The number of thioether (sulfide) groups is 1. The van der Waals surface area contributed by atoms with Crippen LogP contribution in [-0.2, 0) is 24.3 Å². The van der Waals surface area contributed by atoms with Crippen molar-refractivity contribution in [1.29, 1.82) is 0 Å². The van der Waals surface area contributed by atoms with E-state index in [9.17, 15) is 4.79 Å². The summed E-state index contributed by atoms with van der Waals surface area (Å²) in [7, 11) is 1.84. The first-order valence-corrected chi connectivity index (χ1v) is 10.4. The number of aromatic nitrogens is 3. The lowest BCUT2D eigenvalue weighted by molar-refractivity contribution is -0.127. The van der Waals surface area contributed by atoms with Crippen LogP contribution in [0.15, 0.2) is 53.0 Å². The fourth-order valence-electron chi connectivity index (χ4n) is 2.61. The molecule has 3 rings (SSSR count). The molecule has 0 bridgehead atoms. The molecule has 3 aromatic rings. The number of nitrogens with zero attached hydrogens (tertiary/aromatic N) is 4. The van der Waals surface area contributed by atoms with Gasteiger partial charge in [-0.15, -0.1) is 21.5 Å². The molecule has 1 aromatic carbocycles. The molecule has 0 saturated carbocycles. The van der Waals surface area contributed by atoms with E-state index in [-0.39, 0.29) is 5.91 Å². The van der Waals surface area contributed by atoms with Crippen LogP contribution in [0.1, 0.15) is 23.2 Å². The molecule has 0 radical (unpaired) electrons. The Morgan fingerprint density at radius 1 is 1.19 bits per heavy atom. The lowest BCUT2D eigenvalue weighted by atomic mass is 10.1. The molecule has 0 aliphatic heterocycles. The summed E-state index contributed by atoms with van der Waals surface area (Å²) in [5, 5.41) is 11.5. The van der Waals surface area contributed by atoms with Crippen LogP contribution >= 0.6 is 23.1 Å². The predicted molar refractivity (Wildman–Crippen MR) is 106 cm³/mol. The van der Waals surface area contributed by atoms with Crippen LogP contribution in [0.25, 0.3) is 0 Å². The lowest BCUT2D eigenvalue weighted by Crippen LogP contribution is -2.27. The first-order chi connectivity index (χ1) is 12.7. The maximum Gasteiger partial charge on any atom is 0.233 e. The quantitative estimate of drug-likeness (QED) is 0.554. The first kappa shape index (κ1) is 18.7. The number of carbonyl (C=O) groups excluding carboxylic acids is 1. The summed E-state index contributed by atoms with van der Waals surface area (Å²) in [5.74, 6) is 1.39. The Morgan fingerprint density at radius 3 is 2.69 bits per heavy atom. The zero-order valence-electron chi connectivity index (χ0n) is 15.0. The van der Waals surface area contributed by atoms with Crippen molar-refractivity contribution in [2.75, 3.05) is 12.8 Å². The third kappa shape index (κ3) is 4.74. The minimum atomic E-state index is 0.0960. The van der Waals surface area contributed by atoms with E-state index in [1.807, 2.05) is 42.8 Å². The number of thiophene rings is 1. The Morgan fingerprint density at radius 2 is 2.00 bits per heavy atom. The van der Waals surface area contributed by atoms with E-state index in [1.54, 1.807) is 16.2 Å². The minimum absolute atomic E-state index is 0.0960. The zero-order chi connectivity index (χ0) is 18.4. The van der Waals surface area contributed by atoms with E-state index >= 15 is 0 Å². The highest BCUT2D eigenvalue weighted by Crippen LogP contribution is 2.20. The summed E-state index contributed by atoms with van der Waals surface area (Å²) in [5.41, 5.74) is 1.21. The summed E-state index contributed by atoms with van der Waals surface area (Å²) < 4.78 is 2.09. The van der Waals surface area contributed by atoms with Gasteiger partial charge >= 0.3 is 0 Å². The first-order valence-electron chi connectivity index (χ1n) is 8.52. The van der Waals surface area contributed by atoms with Gasteiger partial charge in [0.25, 0.3) is 0 Å². The van der Waals surface area contributed by atoms with Gasteiger partial charge in [-0.25, -0.2) is 0 Å². The maximum atomic E-state index is 12.4. The molecular weight excluding hydrogens is 364 g/mol. The van der Waals surface area contributed by atoms with Gasteiger partial charge in [0.05, 0.1) is 12.3 Å². The molecule has 5 nitrogen and oxygen atoms in total. The van der Waals surface area contributed by atoms with Gasteiger partial charge in [0.15, 0.2) is 5.16 Å². The lowest BCUT2D eigenvalue weighted by Gasteiger charge is -2.16. The van der Waals surface area contributed by atoms with Gasteiger partial charge in [0.2, 0.25) is 5.91 Å². The van der Waals surface area contributed by atoms with Crippen molar-refractivity contribution in [2.24, 2.45) is 0 Å². The topological polar surface area (TPSA) is 51.0 Å². The second-order valence-electron chi connectivity index (χ2n) is 5.92. The minimum Gasteiger partial charge on any atom is -0.340 e. The number of hydrogen-bond donors (Lipinski definition) is 0. The number of benzene rings is 1. The van der Waals surface area contributed by atoms with Crippen molar-refractivity contribution < 1.29 is 4.79 Å². The monoisotopic (exact) mass is 386 g/mol. The highest BCUT2D eigenvalue weighted by atomic mass is 32.2. The molecule has 0 aliphatic rings. The molecule has 0 atom stereocenters. The van der Waals surface area contributed by atoms with Crippen molar-refractivity contribution >= 4 is 29.0 Å². The van der Waals surface area contributed by atoms with Gasteiger partial charge in [-0.1, -0.05) is 48.2 Å². The molecule has 1 amide bonds. The van der Waals surface area contributed by atoms with Gasteiger partial charge < -0.3 is 9.47 Å². The molecule has 0 aliphatic carbocycles. The Hall–Kier alpha value is -2.12. The Bertz CT molecular complexity index is 831. The van der Waals surface area contributed by atoms with Crippen LogP contribution in [0.3, 0.4) is 0 Å². The van der Waals surface area contributed by atoms with Gasteiger partial charge in [-0.3, -0.25) is 4.79 Å². The SMILES string of the molecule is CCn1c(Cc2ccccc2)nnc1SCC(=O)N(C)Cc1cccs1. The van der Waals surface area contributed by atoms with E-state index in [1.165, 1.54) is 22.2 Å². The van der Waals surface area contributed by atoms with E-state index in [4.69, 9.17) is 0 Å². The fourth-order valence-corrected chi connectivity index (χ4v) is 4.33. The van der Waals surface area contributed by atoms with Crippen molar-refractivity contribution in [3.63, 3.8) is 0 Å². The molecule has 26 heavy (non-hydrogen) atoms. The van der Waals surface area contributed by atoms with E-state index < -0.39 is 0 Å². The summed E-state index contributed by atoms with van der Waals surface area (Å²) in [6.45, 7) is 3.51. The summed E-state index contributed by atoms with van der Waals surface area (Å²) in [6.07, 6.45) is 0.745. The van der Waals surface area contributed by atoms with E-state index in [0.29, 0.717) is 12.3 Å².